The number of anilines is 2. The second-order valence-corrected chi connectivity index (χ2v) is 10.2. The van der Waals surface area contributed by atoms with Crippen molar-refractivity contribution in [3.63, 3.8) is 0 Å². The van der Waals surface area contributed by atoms with Gasteiger partial charge < -0.3 is 20.7 Å². The van der Waals surface area contributed by atoms with E-state index in [1.165, 1.54) is 11.8 Å². The van der Waals surface area contributed by atoms with Gasteiger partial charge in [-0.1, -0.05) is 79.7 Å². The molecule has 204 valence electrons. The lowest BCUT2D eigenvalue weighted by Gasteiger charge is -2.29. The van der Waals surface area contributed by atoms with Crippen LogP contribution in [0, 0.1) is 11.3 Å². The van der Waals surface area contributed by atoms with Gasteiger partial charge in [0.05, 0.1) is 34.9 Å². The summed E-state index contributed by atoms with van der Waals surface area (Å²) in [4.78, 5) is 26.3. The Balaban J connectivity index is 1.52. The minimum atomic E-state index is -0.585. The number of thioether (sulfide) groups is 1. The van der Waals surface area contributed by atoms with Crippen molar-refractivity contribution < 1.29 is 14.3 Å². The third-order valence-corrected chi connectivity index (χ3v) is 7.31. The van der Waals surface area contributed by atoms with Gasteiger partial charge in [0.25, 0.3) is 5.91 Å². The molecule has 1 atom stereocenters. The number of hydrogen-bond acceptors (Lipinski definition) is 6. The van der Waals surface area contributed by atoms with Crippen molar-refractivity contribution in [1.82, 2.24) is 5.32 Å². The monoisotopic (exact) mass is 552 g/mol. The van der Waals surface area contributed by atoms with E-state index >= 15 is 0 Å². The molecule has 1 unspecified atom stereocenters. The summed E-state index contributed by atoms with van der Waals surface area (Å²) in [7, 11) is 0. The summed E-state index contributed by atoms with van der Waals surface area (Å²) in [5, 5.41) is 19.9. The number of unbranched alkanes of at least 4 members (excludes halogenated alkanes) is 1. The minimum absolute atomic E-state index is 0.0781. The molecule has 0 radical (unpaired) electrons. The molecule has 3 aromatic rings. The van der Waals surface area contributed by atoms with Gasteiger partial charge in [-0.3, -0.25) is 9.59 Å². The SMILES string of the molecule is CCCCOc1cccc(NC(=O)CSC2=C(C#N)C(c3ccccc3)C(C(=O)Nc3ccccc3)=C(C)N2)c1. The molecule has 3 aromatic carbocycles. The smallest absolute Gasteiger partial charge is 0.254 e. The number of amides is 2. The van der Waals surface area contributed by atoms with Crippen molar-refractivity contribution in [2.24, 2.45) is 0 Å². The van der Waals surface area contributed by atoms with Gasteiger partial charge in [0.15, 0.2) is 0 Å². The average molecular weight is 553 g/mol. The van der Waals surface area contributed by atoms with E-state index in [-0.39, 0.29) is 17.6 Å². The van der Waals surface area contributed by atoms with Crippen LogP contribution in [0.3, 0.4) is 0 Å². The van der Waals surface area contributed by atoms with Crippen LogP contribution in [0.5, 0.6) is 5.75 Å². The largest absolute Gasteiger partial charge is 0.494 e. The first-order chi connectivity index (χ1) is 19.5. The summed E-state index contributed by atoms with van der Waals surface area (Å²) in [5.74, 6) is -0.309. The van der Waals surface area contributed by atoms with E-state index in [9.17, 15) is 14.9 Å². The molecule has 1 heterocycles. The van der Waals surface area contributed by atoms with Crippen LogP contribution in [0.2, 0.25) is 0 Å². The van der Waals surface area contributed by atoms with Gasteiger partial charge in [0.1, 0.15) is 5.75 Å². The molecule has 3 N–H and O–H groups in total. The minimum Gasteiger partial charge on any atom is -0.494 e. The first-order valence-corrected chi connectivity index (χ1v) is 14.2. The lowest BCUT2D eigenvalue weighted by atomic mass is 9.82. The van der Waals surface area contributed by atoms with Crippen LogP contribution < -0.4 is 20.7 Å². The van der Waals surface area contributed by atoms with Crippen LogP contribution in [-0.4, -0.2) is 24.2 Å². The van der Waals surface area contributed by atoms with Crippen LogP contribution in [0.1, 0.15) is 38.2 Å². The Morgan fingerprint density at radius 3 is 2.38 bits per heavy atom. The fourth-order valence-corrected chi connectivity index (χ4v) is 5.25. The number of carbonyl (C=O) groups excluding carboxylic acids is 2. The van der Waals surface area contributed by atoms with Gasteiger partial charge in [-0.25, -0.2) is 0 Å². The van der Waals surface area contributed by atoms with Crippen LogP contribution in [-0.2, 0) is 9.59 Å². The number of carbonyl (C=O) groups is 2. The Morgan fingerprint density at radius 2 is 1.68 bits per heavy atom. The maximum Gasteiger partial charge on any atom is 0.254 e. The molecule has 7 nitrogen and oxygen atoms in total. The van der Waals surface area contributed by atoms with Gasteiger partial charge >= 0.3 is 0 Å². The van der Waals surface area contributed by atoms with Gasteiger partial charge in [-0.2, -0.15) is 5.26 Å². The fourth-order valence-electron chi connectivity index (χ4n) is 4.36. The fraction of sp³-hybridized carbons (Fsp3) is 0.219. The van der Waals surface area contributed by atoms with Crippen LogP contribution >= 0.6 is 11.8 Å². The highest BCUT2D eigenvalue weighted by Gasteiger charge is 2.34. The number of nitriles is 1. The lowest BCUT2D eigenvalue weighted by Crippen LogP contribution is -2.31. The summed E-state index contributed by atoms with van der Waals surface area (Å²) in [6.07, 6.45) is 2.01. The number of nitrogens with one attached hydrogen (secondary N) is 3. The zero-order chi connectivity index (χ0) is 28.3. The zero-order valence-corrected chi connectivity index (χ0v) is 23.4. The quantitative estimate of drug-likeness (QED) is 0.233. The summed E-state index contributed by atoms with van der Waals surface area (Å²) >= 11 is 1.24. The van der Waals surface area contributed by atoms with E-state index in [4.69, 9.17) is 4.74 Å². The molecule has 4 rings (SSSR count). The maximum atomic E-state index is 13.5. The summed E-state index contributed by atoms with van der Waals surface area (Å²) < 4.78 is 5.74. The van der Waals surface area contributed by atoms with E-state index in [0.717, 1.165) is 18.4 Å². The Hall–Kier alpha value is -4.48. The predicted octanol–water partition coefficient (Wildman–Crippen LogP) is 6.57. The van der Waals surface area contributed by atoms with Crippen LogP contribution in [0.4, 0.5) is 11.4 Å². The van der Waals surface area contributed by atoms with Crippen molar-refractivity contribution in [2.75, 3.05) is 23.0 Å². The van der Waals surface area contributed by atoms with E-state index < -0.39 is 5.92 Å². The van der Waals surface area contributed by atoms with E-state index in [0.29, 0.717) is 45.6 Å². The molecule has 0 bridgehead atoms. The van der Waals surface area contributed by atoms with E-state index in [2.05, 4.69) is 28.9 Å². The van der Waals surface area contributed by atoms with Crippen molar-refractivity contribution in [2.45, 2.75) is 32.6 Å². The normalized spacial score (nSPS) is 14.7. The molecule has 8 heteroatoms. The second-order valence-electron chi connectivity index (χ2n) is 9.25. The van der Waals surface area contributed by atoms with E-state index in [1.54, 1.807) is 6.07 Å². The predicted molar refractivity (Wildman–Crippen MR) is 161 cm³/mol. The topological polar surface area (TPSA) is 103 Å². The van der Waals surface area contributed by atoms with E-state index in [1.807, 2.05) is 85.8 Å². The molecule has 2 amide bonds. The number of para-hydroxylation sites is 1. The summed E-state index contributed by atoms with van der Waals surface area (Å²) in [6, 6.07) is 28.3. The highest BCUT2D eigenvalue weighted by atomic mass is 32.2. The number of ether oxygens (including phenoxy) is 1. The molecule has 0 spiro atoms. The molecule has 0 aromatic heterocycles. The van der Waals surface area contributed by atoms with Crippen molar-refractivity contribution in [3.05, 3.63) is 112 Å². The first kappa shape index (κ1) is 28.5. The van der Waals surface area contributed by atoms with Gasteiger partial charge in [-0.05, 0) is 43.2 Å². The zero-order valence-electron chi connectivity index (χ0n) is 22.6. The first-order valence-electron chi connectivity index (χ1n) is 13.2. The summed E-state index contributed by atoms with van der Waals surface area (Å²) in [5.41, 5.74) is 3.60. The number of rotatable bonds is 11. The van der Waals surface area contributed by atoms with Crippen LogP contribution in [0.25, 0.3) is 0 Å². The number of dihydropyridines is 1. The highest BCUT2D eigenvalue weighted by Crippen LogP contribution is 2.41. The Kier molecular flexibility index (Phi) is 10.0. The molecule has 1 aliphatic heterocycles. The van der Waals surface area contributed by atoms with Crippen molar-refractivity contribution in [3.8, 4) is 11.8 Å². The molecule has 0 aliphatic carbocycles. The number of benzene rings is 3. The number of hydrogen-bond donors (Lipinski definition) is 3. The van der Waals surface area contributed by atoms with Gasteiger partial charge in [0.2, 0.25) is 5.91 Å². The molecule has 1 aliphatic rings. The van der Waals surface area contributed by atoms with Gasteiger partial charge in [0, 0.05) is 28.7 Å². The van der Waals surface area contributed by atoms with Crippen LogP contribution in [0.15, 0.2) is 107 Å². The number of allylic oxidation sites excluding steroid dienone is 2. The molecular weight excluding hydrogens is 520 g/mol. The summed E-state index contributed by atoms with van der Waals surface area (Å²) in [6.45, 7) is 4.54. The lowest BCUT2D eigenvalue weighted by molar-refractivity contribution is -0.114. The van der Waals surface area contributed by atoms with Crippen molar-refractivity contribution in [1.29, 1.82) is 5.26 Å². The molecule has 0 saturated carbocycles. The molecule has 40 heavy (non-hydrogen) atoms. The Bertz CT molecular complexity index is 1450. The second kappa shape index (κ2) is 14.1. The standard InChI is InChI=1S/C32H32N4O3S/c1-3-4-18-39-26-17-11-16-25(19-26)35-28(37)21-40-32-27(20-33)30(23-12-7-5-8-13-23)29(22(2)34-32)31(38)36-24-14-9-6-10-15-24/h5-17,19,30,34H,3-4,18,21H2,1-2H3,(H,35,37)(H,36,38). The number of nitrogens with zero attached hydrogens (tertiary/aromatic N) is 1. The Labute approximate surface area is 239 Å². The van der Waals surface area contributed by atoms with Crippen molar-refractivity contribution >= 4 is 35.0 Å². The van der Waals surface area contributed by atoms with Gasteiger partial charge in [-0.15, -0.1) is 0 Å². The maximum absolute atomic E-state index is 13.5. The molecule has 0 saturated heterocycles. The Morgan fingerprint density at radius 1 is 0.975 bits per heavy atom. The third-order valence-electron chi connectivity index (χ3n) is 6.29. The average Bonchev–Trinajstić information content (AvgIpc) is 2.97. The highest BCUT2D eigenvalue weighted by molar-refractivity contribution is 8.03. The third kappa shape index (κ3) is 7.33. The molecular formula is C32H32N4O3S. The molecule has 0 fully saturated rings.